The number of amides is 1. The van der Waals surface area contributed by atoms with E-state index in [9.17, 15) is 18.7 Å². The zero-order valence-corrected chi connectivity index (χ0v) is 9.64. The van der Waals surface area contributed by atoms with E-state index in [1.54, 1.807) is 18.2 Å². The van der Waals surface area contributed by atoms with Crippen molar-refractivity contribution in [2.24, 2.45) is 0 Å². The van der Waals surface area contributed by atoms with Crippen LogP contribution in [0.1, 0.15) is 12.0 Å². The van der Waals surface area contributed by atoms with Crippen molar-refractivity contribution in [1.82, 2.24) is 5.32 Å². The molecule has 4 nitrogen and oxygen atoms in total. The Morgan fingerprint density at radius 3 is 2.61 bits per heavy atom. The molecule has 1 aromatic rings. The van der Waals surface area contributed by atoms with Gasteiger partial charge in [-0.3, -0.25) is 4.79 Å². The number of carbonyl (C=O) groups excluding carboxylic acids is 1. The number of halogens is 2. The van der Waals surface area contributed by atoms with Crippen LogP contribution in [0.2, 0.25) is 0 Å². The minimum absolute atomic E-state index is 0.0630. The number of nitrogens with one attached hydrogen (secondary N) is 1. The number of benzene rings is 1. The standard InChI is InChI=1S/C12H15F2NO3/c13-12(14)10(17)7-15-11(18)6-5-8-3-1-2-4-9(8)16/h1-4,10,12,16-17H,5-7H2,(H,15,18). The number of aromatic hydroxyl groups is 1. The number of phenols is 1. The predicted molar refractivity (Wildman–Crippen MR) is 61.4 cm³/mol. The van der Waals surface area contributed by atoms with E-state index in [-0.39, 0.29) is 12.2 Å². The van der Waals surface area contributed by atoms with Gasteiger partial charge in [-0.1, -0.05) is 18.2 Å². The summed E-state index contributed by atoms with van der Waals surface area (Å²) in [6, 6.07) is 6.58. The number of carbonyl (C=O) groups is 1. The SMILES string of the molecule is O=C(CCc1ccccc1O)NCC(O)C(F)F. The number of phenolic OH excluding ortho intramolecular Hbond substituents is 1. The molecular weight excluding hydrogens is 244 g/mol. The lowest BCUT2D eigenvalue weighted by Crippen LogP contribution is -2.35. The molecule has 0 saturated heterocycles. The zero-order chi connectivity index (χ0) is 13.5. The Bertz CT molecular complexity index is 399. The van der Waals surface area contributed by atoms with Gasteiger partial charge in [-0.05, 0) is 18.1 Å². The topological polar surface area (TPSA) is 69.6 Å². The number of aliphatic hydroxyl groups excluding tert-OH is 1. The Kier molecular flexibility index (Phi) is 5.51. The number of alkyl halides is 2. The van der Waals surface area contributed by atoms with Gasteiger partial charge in [0.25, 0.3) is 6.43 Å². The fourth-order valence-electron chi connectivity index (χ4n) is 1.37. The lowest BCUT2D eigenvalue weighted by atomic mass is 10.1. The van der Waals surface area contributed by atoms with Crippen molar-refractivity contribution >= 4 is 5.91 Å². The van der Waals surface area contributed by atoms with Crippen molar-refractivity contribution in [3.05, 3.63) is 29.8 Å². The van der Waals surface area contributed by atoms with Gasteiger partial charge in [-0.25, -0.2) is 8.78 Å². The van der Waals surface area contributed by atoms with Gasteiger partial charge in [0.1, 0.15) is 11.9 Å². The first-order valence-corrected chi connectivity index (χ1v) is 5.50. The highest BCUT2D eigenvalue weighted by Crippen LogP contribution is 2.16. The van der Waals surface area contributed by atoms with Gasteiger partial charge in [0.05, 0.1) is 0 Å². The zero-order valence-electron chi connectivity index (χ0n) is 9.64. The quantitative estimate of drug-likeness (QED) is 0.715. The summed E-state index contributed by atoms with van der Waals surface area (Å²) >= 11 is 0. The second-order valence-electron chi connectivity index (χ2n) is 3.83. The fourth-order valence-corrected chi connectivity index (χ4v) is 1.37. The highest BCUT2D eigenvalue weighted by molar-refractivity contribution is 5.76. The molecule has 1 rings (SSSR count). The molecule has 1 unspecified atom stereocenters. The Hall–Kier alpha value is -1.69. The maximum atomic E-state index is 11.9. The molecule has 0 aromatic heterocycles. The average molecular weight is 259 g/mol. The van der Waals surface area contributed by atoms with E-state index in [4.69, 9.17) is 5.11 Å². The Labute approximate surface area is 103 Å². The van der Waals surface area contributed by atoms with Crippen LogP contribution in [0.25, 0.3) is 0 Å². The van der Waals surface area contributed by atoms with E-state index >= 15 is 0 Å². The molecule has 0 fully saturated rings. The van der Waals surface area contributed by atoms with Gasteiger partial charge in [0.15, 0.2) is 0 Å². The normalized spacial score (nSPS) is 12.4. The molecule has 100 valence electrons. The van der Waals surface area contributed by atoms with Crippen LogP contribution in [0.5, 0.6) is 5.75 Å². The summed E-state index contributed by atoms with van der Waals surface area (Å²) in [6.45, 7) is -0.475. The number of hydrogen-bond acceptors (Lipinski definition) is 3. The van der Waals surface area contributed by atoms with E-state index in [0.29, 0.717) is 12.0 Å². The van der Waals surface area contributed by atoms with Crippen LogP contribution in [-0.4, -0.2) is 35.2 Å². The smallest absolute Gasteiger partial charge is 0.265 e. The maximum absolute atomic E-state index is 11.9. The van der Waals surface area contributed by atoms with Gasteiger partial charge in [0, 0.05) is 13.0 Å². The molecule has 0 saturated carbocycles. The molecule has 0 aliphatic rings. The van der Waals surface area contributed by atoms with Gasteiger partial charge in [-0.2, -0.15) is 0 Å². The molecule has 18 heavy (non-hydrogen) atoms. The minimum Gasteiger partial charge on any atom is -0.508 e. The lowest BCUT2D eigenvalue weighted by Gasteiger charge is -2.10. The number of para-hydroxylation sites is 1. The van der Waals surface area contributed by atoms with Crippen LogP contribution in [0.15, 0.2) is 24.3 Å². The Morgan fingerprint density at radius 2 is 2.00 bits per heavy atom. The molecule has 1 atom stereocenters. The van der Waals surface area contributed by atoms with Crippen molar-refractivity contribution in [3.63, 3.8) is 0 Å². The third kappa shape index (κ3) is 4.67. The first-order chi connectivity index (χ1) is 8.50. The number of rotatable bonds is 6. The summed E-state index contributed by atoms with van der Waals surface area (Å²) in [4.78, 5) is 11.3. The minimum atomic E-state index is -2.87. The van der Waals surface area contributed by atoms with E-state index in [1.807, 2.05) is 0 Å². The van der Waals surface area contributed by atoms with Crippen LogP contribution < -0.4 is 5.32 Å². The molecule has 0 bridgehead atoms. The summed E-state index contributed by atoms with van der Waals surface area (Å²) in [5.74, 6) is -0.351. The van der Waals surface area contributed by atoms with E-state index in [2.05, 4.69) is 5.32 Å². The van der Waals surface area contributed by atoms with Gasteiger partial charge >= 0.3 is 0 Å². The third-order valence-corrected chi connectivity index (χ3v) is 2.41. The van der Waals surface area contributed by atoms with Crippen LogP contribution in [0, 0.1) is 0 Å². The van der Waals surface area contributed by atoms with Crippen molar-refractivity contribution < 1.29 is 23.8 Å². The molecule has 0 radical (unpaired) electrons. The molecular formula is C12H15F2NO3. The first kappa shape index (κ1) is 14.4. The van der Waals surface area contributed by atoms with Crippen molar-refractivity contribution in [2.75, 3.05) is 6.54 Å². The fraction of sp³-hybridized carbons (Fsp3) is 0.417. The highest BCUT2D eigenvalue weighted by atomic mass is 19.3. The molecule has 1 amide bonds. The largest absolute Gasteiger partial charge is 0.508 e. The second-order valence-corrected chi connectivity index (χ2v) is 3.83. The van der Waals surface area contributed by atoms with Crippen molar-refractivity contribution in [3.8, 4) is 5.75 Å². The second kappa shape index (κ2) is 6.90. The average Bonchev–Trinajstić information content (AvgIpc) is 2.34. The molecule has 1 aromatic carbocycles. The Balaban J connectivity index is 2.32. The lowest BCUT2D eigenvalue weighted by molar-refractivity contribution is -0.122. The summed E-state index contributed by atoms with van der Waals surface area (Å²) in [5.41, 5.74) is 0.613. The Morgan fingerprint density at radius 1 is 1.33 bits per heavy atom. The number of aryl methyl sites for hydroxylation is 1. The van der Waals surface area contributed by atoms with Gasteiger partial charge < -0.3 is 15.5 Å². The monoisotopic (exact) mass is 259 g/mol. The van der Waals surface area contributed by atoms with E-state index in [0.717, 1.165) is 0 Å². The van der Waals surface area contributed by atoms with Crippen LogP contribution in [0.4, 0.5) is 8.78 Å². The third-order valence-electron chi connectivity index (χ3n) is 2.41. The summed E-state index contributed by atoms with van der Waals surface area (Å²) in [7, 11) is 0. The molecule has 0 aliphatic heterocycles. The van der Waals surface area contributed by atoms with Crippen LogP contribution in [-0.2, 0) is 11.2 Å². The van der Waals surface area contributed by atoms with Gasteiger partial charge in [-0.15, -0.1) is 0 Å². The molecule has 6 heteroatoms. The van der Waals surface area contributed by atoms with Crippen molar-refractivity contribution in [2.45, 2.75) is 25.4 Å². The van der Waals surface area contributed by atoms with Crippen LogP contribution in [0.3, 0.4) is 0 Å². The molecule has 0 aliphatic carbocycles. The molecule has 0 heterocycles. The summed E-state index contributed by atoms with van der Waals surface area (Å²) in [6.07, 6.45) is -4.35. The molecule has 0 spiro atoms. The summed E-state index contributed by atoms with van der Waals surface area (Å²) in [5, 5.41) is 20.4. The van der Waals surface area contributed by atoms with Crippen molar-refractivity contribution in [1.29, 1.82) is 0 Å². The predicted octanol–water partition coefficient (Wildman–Crippen LogP) is 1.07. The van der Waals surface area contributed by atoms with Crippen LogP contribution >= 0.6 is 0 Å². The summed E-state index contributed by atoms with van der Waals surface area (Å²) < 4.78 is 23.9. The van der Waals surface area contributed by atoms with E-state index in [1.165, 1.54) is 6.07 Å². The first-order valence-electron chi connectivity index (χ1n) is 5.50. The van der Waals surface area contributed by atoms with Gasteiger partial charge in [0.2, 0.25) is 5.91 Å². The highest BCUT2D eigenvalue weighted by Gasteiger charge is 2.17. The maximum Gasteiger partial charge on any atom is 0.265 e. The number of hydrogen-bond donors (Lipinski definition) is 3. The number of aliphatic hydroxyl groups is 1. The molecule has 3 N–H and O–H groups in total. The van der Waals surface area contributed by atoms with E-state index < -0.39 is 25.0 Å².